The topological polar surface area (TPSA) is 310 Å². The van der Waals surface area contributed by atoms with E-state index < -0.39 is 146 Å². The molecule has 4 rings (SSSR count). The fraction of sp³-hybridized carbons (Fsp3) is 0.533. The number of aliphatic hydroxyl groups is 7. The fourth-order valence-electron chi connectivity index (χ4n) is 6.98. The number of amides is 3. The van der Waals surface area contributed by atoms with Crippen LogP contribution in [-0.4, -0.2) is 155 Å². The van der Waals surface area contributed by atoms with Gasteiger partial charge in [0.2, 0.25) is 23.2 Å². The maximum absolute atomic E-state index is 14.7. The molecule has 2 saturated heterocycles. The van der Waals surface area contributed by atoms with E-state index in [4.69, 9.17) is 0 Å². The molecule has 0 aromatic heterocycles. The van der Waals surface area contributed by atoms with Crippen LogP contribution < -0.4 is 0 Å². The predicted octanol–water partition coefficient (Wildman–Crippen LogP) is -0.788. The van der Waals surface area contributed by atoms with E-state index in [0.29, 0.717) is 25.8 Å². The number of rotatable bonds is 4. The van der Waals surface area contributed by atoms with Crippen LogP contribution in [0.4, 0.5) is 35.5 Å². The molecule has 2 aliphatic heterocycles. The van der Waals surface area contributed by atoms with Crippen molar-refractivity contribution in [3.8, 4) is 34.5 Å². The van der Waals surface area contributed by atoms with Crippen molar-refractivity contribution < 1.29 is 107 Å². The minimum absolute atomic E-state index is 0.272. The van der Waals surface area contributed by atoms with E-state index in [1.54, 1.807) is 0 Å². The van der Waals surface area contributed by atoms with Crippen LogP contribution in [-0.2, 0) is 22.9 Å². The van der Waals surface area contributed by atoms with Crippen molar-refractivity contribution in [1.29, 1.82) is 0 Å². The van der Waals surface area contributed by atoms with Crippen LogP contribution in [0.5, 0.6) is 34.5 Å². The van der Waals surface area contributed by atoms with Crippen molar-refractivity contribution in [2.75, 3.05) is 33.2 Å². The fourth-order valence-corrected chi connectivity index (χ4v) is 6.98. The lowest BCUT2D eigenvalue weighted by molar-refractivity contribution is -0.525. The Morgan fingerprint density at radius 1 is 0.732 bits per heavy atom. The van der Waals surface area contributed by atoms with Crippen molar-refractivity contribution >= 4 is 11.9 Å². The Labute approximate surface area is 308 Å². The third-order valence-corrected chi connectivity index (χ3v) is 10.0. The zero-order chi connectivity index (χ0) is 43.4. The molecule has 19 nitrogen and oxygen atoms in total. The largest absolute Gasteiger partial charge is 0.507 e. The molecule has 3 amide bonds. The van der Waals surface area contributed by atoms with E-state index >= 15 is 0 Å². The van der Waals surface area contributed by atoms with E-state index in [9.17, 15) is 107 Å². The van der Waals surface area contributed by atoms with Gasteiger partial charge in [0, 0.05) is 45.7 Å². The normalized spacial score (nSPS) is 23.2. The van der Waals surface area contributed by atoms with E-state index in [1.807, 2.05) is 0 Å². The third-order valence-electron chi connectivity index (χ3n) is 10.0. The maximum Gasteiger partial charge on any atom is 0.423 e. The van der Waals surface area contributed by atoms with E-state index in [-0.39, 0.29) is 18.0 Å². The highest BCUT2D eigenvalue weighted by molar-refractivity contribution is 5.79. The summed E-state index contributed by atoms with van der Waals surface area (Å²) in [6, 6.07) is -8.34. The Bertz CT molecular complexity index is 1880. The molecule has 56 heavy (non-hydrogen) atoms. The molecule has 26 heteroatoms. The molecule has 3 unspecified atom stereocenters. The van der Waals surface area contributed by atoms with Gasteiger partial charge in [0.1, 0.15) is 34.4 Å². The Morgan fingerprint density at radius 2 is 1.18 bits per heavy atom. The summed E-state index contributed by atoms with van der Waals surface area (Å²) < 4.78 is 98.1. The SMILES string of the molecule is CC(=O)N1CCN(C2C(O)(O)C(O)(O)N(C(=O)N(C)C(C)c3c(O)c(C(F)(F)F)c(O)c(C(F)(F)F)c3O)C(O)(c3c(C)c(O)c(F)c(O)c3O)C2(O)O)CC1. The van der Waals surface area contributed by atoms with E-state index in [2.05, 4.69) is 0 Å². The molecule has 13 N–H and O–H groups in total. The lowest BCUT2D eigenvalue weighted by atomic mass is 9.74. The maximum atomic E-state index is 14.7. The number of halogens is 7. The minimum atomic E-state index is -6.02. The van der Waals surface area contributed by atoms with Crippen LogP contribution in [0.15, 0.2) is 0 Å². The Balaban J connectivity index is 2.08. The first-order valence-electron chi connectivity index (χ1n) is 15.7. The zero-order valence-corrected chi connectivity index (χ0v) is 29.0. The average Bonchev–Trinajstić information content (AvgIpc) is 3.03. The third kappa shape index (κ3) is 6.06. The van der Waals surface area contributed by atoms with Crippen molar-refractivity contribution in [2.45, 2.75) is 68.4 Å². The first-order valence-corrected chi connectivity index (χ1v) is 15.7. The summed E-state index contributed by atoms with van der Waals surface area (Å²) in [5, 5.41) is 144. The summed E-state index contributed by atoms with van der Waals surface area (Å²) in [6.45, 7) is 0.0839. The second-order valence-electron chi connectivity index (χ2n) is 13.2. The summed E-state index contributed by atoms with van der Waals surface area (Å²) in [5.74, 6) is -30.0. The predicted molar refractivity (Wildman–Crippen MR) is 164 cm³/mol. The number of likely N-dealkylation sites (tertiary alicyclic amines) is 1. The molecule has 0 bridgehead atoms. The number of piperidine rings is 1. The Hall–Kier alpha value is -4.83. The molecule has 2 fully saturated rings. The van der Waals surface area contributed by atoms with Gasteiger partial charge in [-0.25, -0.2) is 9.69 Å². The molecule has 2 aromatic carbocycles. The van der Waals surface area contributed by atoms with Crippen LogP contribution in [0.25, 0.3) is 0 Å². The van der Waals surface area contributed by atoms with Gasteiger partial charge in [-0.05, 0) is 13.8 Å². The molecule has 0 aliphatic carbocycles. The molecular formula is C30H35F7N4O15. The molecular weight excluding hydrogens is 789 g/mol. The number of piperazine rings is 1. The highest BCUT2D eigenvalue weighted by Crippen LogP contribution is 2.59. The van der Waals surface area contributed by atoms with Crippen LogP contribution in [0.1, 0.15) is 47.7 Å². The molecule has 0 saturated carbocycles. The van der Waals surface area contributed by atoms with Gasteiger partial charge in [-0.3, -0.25) is 9.69 Å². The van der Waals surface area contributed by atoms with Gasteiger partial charge in [0.25, 0.3) is 5.79 Å². The summed E-state index contributed by atoms with van der Waals surface area (Å²) in [5.41, 5.74) is -15.3. The first-order chi connectivity index (χ1) is 25.2. The van der Waals surface area contributed by atoms with Crippen LogP contribution in [0.2, 0.25) is 0 Å². The number of urea groups is 1. The van der Waals surface area contributed by atoms with Crippen LogP contribution in [0.3, 0.4) is 0 Å². The number of hydrogen-bond acceptors (Lipinski definition) is 16. The van der Waals surface area contributed by atoms with Crippen LogP contribution in [0, 0.1) is 12.7 Å². The monoisotopic (exact) mass is 824 g/mol. The summed E-state index contributed by atoms with van der Waals surface area (Å²) in [7, 11) is 0.321. The average molecular weight is 825 g/mol. The number of carbonyl (C=O) groups excluding carboxylic acids is 2. The number of phenols is 6. The highest BCUT2D eigenvalue weighted by Gasteiger charge is 2.81. The summed E-state index contributed by atoms with van der Waals surface area (Å²) in [6.07, 6.45) is -12.0. The number of aromatic hydroxyl groups is 6. The van der Waals surface area contributed by atoms with Crippen molar-refractivity contribution in [1.82, 2.24) is 19.6 Å². The minimum Gasteiger partial charge on any atom is -0.507 e. The summed E-state index contributed by atoms with van der Waals surface area (Å²) >= 11 is 0. The van der Waals surface area contributed by atoms with Gasteiger partial charge in [0.05, 0.1) is 17.2 Å². The molecule has 3 atom stereocenters. The lowest BCUT2D eigenvalue weighted by Gasteiger charge is -2.64. The first kappa shape index (κ1) is 43.9. The second kappa shape index (κ2) is 13.4. The van der Waals surface area contributed by atoms with Gasteiger partial charge in [-0.2, -0.15) is 30.7 Å². The van der Waals surface area contributed by atoms with Gasteiger partial charge in [-0.1, -0.05) is 0 Å². The molecule has 0 spiro atoms. The highest BCUT2D eigenvalue weighted by atomic mass is 19.4. The summed E-state index contributed by atoms with van der Waals surface area (Å²) in [4.78, 5) is 26.5. The van der Waals surface area contributed by atoms with Gasteiger partial charge >= 0.3 is 24.3 Å². The molecule has 0 radical (unpaired) electrons. The van der Waals surface area contributed by atoms with E-state index in [1.165, 1.54) is 0 Å². The Kier molecular flexibility index (Phi) is 10.5. The quantitative estimate of drug-likeness (QED) is 0.0778. The van der Waals surface area contributed by atoms with E-state index in [0.717, 1.165) is 11.8 Å². The Morgan fingerprint density at radius 3 is 1.59 bits per heavy atom. The number of phenolic OH excluding ortho intramolecular Hbond substituents is 6. The van der Waals surface area contributed by atoms with Crippen molar-refractivity contribution in [3.05, 3.63) is 33.6 Å². The number of nitrogens with zero attached hydrogens (tertiary/aromatic N) is 4. The number of carbonyl (C=O) groups is 2. The molecule has 314 valence electrons. The second-order valence-corrected chi connectivity index (χ2v) is 13.2. The molecule has 2 aromatic rings. The van der Waals surface area contributed by atoms with Gasteiger partial charge in [0.15, 0.2) is 17.2 Å². The number of alkyl halides is 6. The molecule has 2 aliphatic rings. The van der Waals surface area contributed by atoms with Gasteiger partial charge < -0.3 is 76.2 Å². The molecule has 2 heterocycles. The van der Waals surface area contributed by atoms with Gasteiger partial charge in [-0.15, -0.1) is 0 Å². The van der Waals surface area contributed by atoms with Crippen LogP contribution >= 0.6 is 0 Å². The van der Waals surface area contributed by atoms with Crippen molar-refractivity contribution in [3.63, 3.8) is 0 Å². The van der Waals surface area contributed by atoms with Crippen molar-refractivity contribution in [2.24, 2.45) is 0 Å². The number of benzene rings is 2. The number of hydrogen-bond donors (Lipinski definition) is 13. The standard InChI is InChI=1S/C30H35F7N4O15/c1-9-13(21(47)22(48)16(31)17(9)43)25(50)26(51,52)23(40-7-5-39(6-8-40)11(3)42)27(53,54)30(55,56)41(25)24(49)38(4)10(2)12-18(44)14(28(32,33)34)20(46)15(19(12)45)29(35,36)37/h10,23,43-48,50-56H,5-8H2,1-4H3. The smallest absolute Gasteiger partial charge is 0.423 e. The lowest BCUT2D eigenvalue weighted by Crippen LogP contribution is -2.91. The zero-order valence-electron chi connectivity index (χ0n) is 29.0.